The summed E-state index contributed by atoms with van der Waals surface area (Å²) in [6, 6.07) is 6.26. The molecule has 2 aliphatic rings. The molecule has 0 amide bonds. The Kier molecular flexibility index (Phi) is 5.10. The Morgan fingerprint density at radius 2 is 2.10 bits per heavy atom. The van der Waals surface area contributed by atoms with Gasteiger partial charge in [-0.25, -0.2) is 4.39 Å². The van der Waals surface area contributed by atoms with Crippen molar-refractivity contribution >= 4 is 0 Å². The number of aryl methyl sites for hydroxylation is 1. The van der Waals surface area contributed by atoms with E-state index in [4.69, 9.17) is 8.94 Å². The highest BCUT2D eigenvalue weighted by atomic mass is 19.1. The fourth-order valence-corrected chi connectivity index (χ4v) is 4.50. The second-order valence-electron chi connectivity index (χ2n) is 8.56. The zero-order valence-electron chi connectivity index (χ0n) is 17.2. The number of aromatic nitrogens is 4. The van der Waals surface area contributed by atoms with Crippen molar-refractivity contribution in [3.63, 3.8) is 0 Å². The van der Waals surface area contributed by atoms with E-state index in [0.29, 0.717) is 35.7 Å². The molecule has 1 unspecified atom stereocenters. The van der Waals surface area contributed by atoms with Crippen LogP contribution in [0.4, 0.5) is 4.39 Å². The van der Waals surface area contributed by atoms with Crippen LogP contribution in [0.1, 0.15) is 62.6 Å². The summed E-state index contributed by atoms with van der Waals surface area (Å²) >= 11 is 0. The van der Waals surface area contributed by atoms with Crippen LogP contribution < -0.4 is 0 Å². The third-order valence-corrected chi connectivity index (χ3v) is 6.47. The minimum absolute atomic E-state index is 0.253. The normalized spacial score (nSPS) is 20.7. The number of rotatable bonds is 7. The van der Waals surface area contributed by atoms with Crippen molar-refractivity contribution in [2.45, 2.75) is 57.9 Å². The first-order valence-electron chi connectivity index (χ1n) is 10.8. The van der Waals surface area contributed by atoms with Gasteiger partial charge in [0.05, 0.1) is 6.54 Å². The third-order valence-electron chi connectivity index (χ3n) is 6.47. The van der Waals surface area contributed by atoms with Gasteiger partial charge in [0.2, 0.25) is 17.7 Å². The Bertz CT molecular complexity index is 1010. The maximum Gasteiger partial charge on any atom is 0.247 e. The molecule has 1 saturated heterocycles. The summed E-state index contributed by atoms with van der Waals surface area (Å²) in [6.45, 7) is 4.86. The van der Waals surface area contributed by atoms with Crippen molar-refractivity contribution in [2.75, 3.05) is 13.1 Å². The topological polar surface area (TPSA) is 81.1 Å². The highest BCUT2D eigenvalue weighted by Crippen LogP contribution is 2.64. The fourth-order valence-electron chi connectivity index (χ4n) is 4.50. The number of benzene rings is 1. The fraction of sp³-hybridized carbons (Fsp3) is 0.545. The van der Waals surface area contributed by atoms with Gasteiger partial charge in [-0.15, -0.1) is 10.2 Å². The number of halogens is 1. The van der Waals surface area contributed by atoms with Gasteiger partial charge in [-0.3, -0.25) is 4.90 Å². The number of hydrogen-bond acceptors (Lipinski definition) is 7. The van der Waals surface area contributed by atoms with E-state index in [0.717, 1.165) is 57.4 Å². The first-order valence-corrected chi connectivity index (χ1v) is 10.8. The van der Waals surface area contributed by atoms with Crippen LogP contribution in [-0.2, 0) is 13.0 Å². The summed E-state index contributed by atoms with van der Waals surface area (Å²) in [6.07, 6.45) is 6.35. The monoisotopic (exact) mass is 411 g/mol. The number of unbranched alkanes of at least 4 members (excludes halogenated alkanes) is 1. The molecule has 1 spiro atoms. The Morgan fingerprint density at radius 1 is 1.23 bits per heavy atom. The molecule has 30 heavy (non-hydrogen) atoms. The molecule has 8 heteroatoms. The van der Waals surface area contributed by atoms with E-state index in [-0.39, 0.29) is 11.2 Å². The van der Waals surface area contributed by atoms with E-state index < -0.39 is 0 Å². The molecule has 1 saturated carbocycles. The predicted molar refractivity (Wildman–Crippen MR) is 107 cm³/mol. The molecule has 0 bridgehead atoms. The number of likely N-dealkylation sites (tertiary alicyclic amines) is 1. The van der Waals surface area contributed by atoms with Gasteiger partial charge in [0.1, 0.15) is 5.82 Å². The van der Waals surface area contributed by atoms with Crippen LogP contribution in [0.5, 0.6) is 0 Å². The van der Waals surface area contributed by atoms with Crippen LogP contribution in [0.3, 0.4) is 0 Å². The quantitative estimate of drug-likeness (QED) is 0.571. The Labute approximate surface area is 174 Å². The number of nitrogens with zero attached hydrogens (tertiary/aromatic N) is 5. The number of hydrogen-bond donors (Lipinski definition) is 0. The molecule has 158 valence electrons. The molecule has 5 rings (SSSR count). The second-order valence-corrected chi connectivity index (χ2v) is 8.56. The summed E-state index contributed by atoms with van der Waals surface area (Å²) in [5.74, 6) is 2.59. The van der Waals surface area contributed by atoms with Gasteiger partial charge in [0.25, 0.3) is 0 Å². The molecule has 3 aromatic rings. The van der Waals surface area contributed by atoms with Crippen LogP contribution in [0, 0.1) is 11.2 Å². The Morgan fingerprint density at radius 3 is 2.90 bits per heavy atom. The van der Waals surface area contributed by atoms with E-state index in [1.54, 1.807) is 12.1 Å². The summed E-state index contributed by atoms with van der Waals surface area (Å²) in [4.78, 5) is 6.89. The highest BCUT2D eigenvalue weighted by molar-refractivity contribution is 5.52. The zero-order chi connectivity index (χ0) is 20.6. The molecular weight excluding hydrogens is 385 g/mol. The van der Waals surface area contributed by atoms with Crippen molar-refractivity contribution < 1.29 is 13.3 Å². The van der Waals surface area contributed by atoms with Crippen LogP contribution in [0.25, 0.3) is 11.5 Å². The average Bonchev–Trinajstić information content (AvgIpc) is 3.11. The molecule has 2 fully saturated rings. The molecule has 1 aliphatic carbocycles. The minimum Gasteiger partial charge on any atom is -0.420 e. The van der Waals surface area contributed by atoms with Crippen molar-refractivity contribution in [3.05, 3.63) is 47.7 Å². The highest BCUT2D eigenvalue weighted by Gasteiger charge is 2.58. The molecule has 1 atom stereocenters. The van der Waals surface area contributed by atoms with Crippen molar-refractivity contribution in [1.82, 2.24) is 25.2 Å². The zero-order valence-corrected chi connectivity index (χ0v) is 17.2. The Balaban J connectivity index is 1.16. The van der Waals surface area contributed by atoms with Gasteiger partial charge in [-0.2, -0.15) is 4.98 Å². The lowest BCUT2D eigenvalue weighted by Gasteiger charge is -2.31. The minimum atomic E-state index is -0.304. The summed E-state index contributed by atoms with van der Waals surface area (Å²) in [5.41, 5.74) is 0.875. The maximum atomic E-state index is 13.5. The molecule has 1 aliphatic heterocycles. The number of piperidine rings is 1. The smallest absolute Gasteiger partial charge is 0.247 e. The average molecular weight is 411 g/mol. The van der Waals surface area contributed by atoms with Crippen LogP contribution in [0.15, 0.2) is 33.2 Å². The van der Waals surface area contributed by atoms with Gasteiger partial charge in [0, 0.05) is 17.9 Å². The predicted octanol–water partition coefficient (Wildman–Crippen LogP) is 4.37. The largest absolute Gasteiger partial charge is 0.420 e. The van der Waals surface area contributed by atoms with Gasteiger partial charge >= 0.3 is 0 Å². The van der Waals surface area contributed by atoms with E-state index in [9.17, 15) is 4.39 Å². The van der Waals surface area contributed by atoms with E-state index in [1.165, 1.54) is 12.1 Å². The van der Waals surface area contributed by atoms with E-state index >= 15 is 0 Å². The standard InChI is InChI=1S/C22H26FN5O2/c1-2-3-7-18-24-19(30-27-18)14-28-10-8-22(9-11-28)13-17(22)21-26-25-20(29-21)15-5-4-6-16(23)12-15/h4-6,12,17H,2-3,7-11,13-14H2,1H3. The lowest BCUT2D eigenvalue weighted by atomic mass is 9.91. The van der Waals surface area contributed by atoms with Gasteiger partial charge in [-0.1, -0.05) is 24.6 Å². The summed E-state index contributed by atoms with van der Waals surface area (Å²) in [5, 5.41) is 12.5. The van der Waals surface area contributed by atoms with Gasteiger partial charge in [-0.05, 0) is 62.4 Å². The van der Waals surface area contributed by atoms with E-state index in [2.05, 4.69) is 32.2 Å². The molecule has 0 N–H and O–H groups in total. The lowest BCUT2D eigenvalue weighted by molar-refractivity contribution is 0.144. The third kappa shape index (κ3) is 3.88. The molecule has 7 nitrogen and oxygen atoms in total. The van der Waals surface area contributed by atoms with Crippen molar-refractivity contribution in [3.8, 4) is 11.5 Å². The van der Waals surface area contributed by atoms with Crippen molar-refractivity contribution in [2.24, 2.45) is 5.41 Å². The van der Waals surface area contributed by atoms with Crippen LogP contribution in [0.2, 0.25) is 0 Å². The molecule has 0 radical (unpaired) electrons. The van der Waals surface area contributed by atoms with Gasteiger partial charge in [0.15, 0.2) is 5.82 Å². The maximum absolute atomic E-state index is 13.5. The second kappa shape index (κ2) is 7.91. The Hall–Kier alpha value is -2.61. The molecule has 3 heterocycles. The van der Waals surface area contributed by atoms with Crippen LogP contribution in [-0.4, -0.2) is 38.3 Å². The van der Waals surface area contributed by atoms with Crippen molar-refractivity contribution in [1.29, 1.82) is 0 Å². The lowest BCUT2D eigenvalue weighted by Crippen LogP contribution is -2.34. The first-order chi connectivity index (χ1) is 14.6. The molecule has 1 aromatic carbocycles. The van der Waals surface area contributed by atoms with E-state index in [1.807, 2.05) is 0 Å². The van der Waals surface area contributed by atoms with Gasteiger partial charge < -0.3 is 8.94 Å². The SMILES string of the molecule is CCCCc1noc(CN2CCC3(CC2)CC3c2nnc(-c3cccc(F)c3)o2)n1. The first kappa shape index (κ1) is 19.4. The molecule has 2 aromatic heterocycles. The molecular formula is C22H26FN5O2. The van der Waals surface area contributed by atoms with Crippen LogP contribution >= 0.6 is 0 Å². The summed E-state index contributed by atoms with van der Waals surface area (Å²) < 4.78 is 24.8. The summed E-state index contributed by atoms with van der Waals surface area (Å²) in [7, 11) is 0.